The van der Waals surface area contributed by atoms with Crippen LogP contribution in [0.1, 0.15) is 33.1 Å². The zero-order valence-corrected chi connectivity index (χ0v) is 11.4. The first kappa shape index (κ1) is 14.8. The Balaban J connectivity index is 2.22. The molecule has 0 aliphatic heterocycles. The fourth-order valence-corrected chi connectivity index (χ4v) is 1.92. The minimum absolute atomic E-state index is 0.0106. The number of anilines is 1. The molecule has 18 heavy (non-hydrogen) atoms. The number of ether oxygens (including phenoxy) is 1. The van der Waals surface area contributed by atoms with Gasteiger partial charge in [-0.3, -0.25) is 4.79 Å². The summed E-state index contributed by atoms with van der Waals surface area (Å²) in [7, 11) is 0. The van der Waals surface area contributed by atoms with Crippen LogP contribution in [0.2, 0.25) is 0 Å². The average Bonchev–Trinajstić information content (AvgIpc) is 2.33. The highest BCUT2D eigenvalue weighted by atomic mass is 16.5. The molecule has 0 spiro atoms. The molecule has 1 heterocycles. The average molecular weight is 252 g/mol. The first-order valence-electron chi connectivity index (χ1n) is 6.67. The van der Waals surface area contributed by atoms with Gasteiger partial charge in [0.2, 0.25) is 0 Å². The maximum absolute atomic E-state index is 11.5. The lowest BCUT2D eigenvalue weighted by molar-refractivity contribution is 0.0973. The Bertz CT molecular complexity index is 401. The van der Waals surface area contributed by atoms with Crippen molar-refractivity contribution in [3.63, 3.8) is 0 Å². The Morgan fingerprint density at radius 1 is 1.44 bits per heavy atom. The molecule has 102 valence electrons. The molecule has 0 saturated heterocycles. The highest BCUT2D eigenvalue weighted by Crippen LogP contribution is 2.05. The third-order valence-electron chi connectivity index (χ3n) is 2.88. The lowest BCUT2D eigenvalue weighted by atomic mass is 10.1. The smallest absolute Gasteiger partial charge is 0.250 e. The van der Waals surface area contributed by atoms with Crippen molar-refractivity contribution in [2.45, 2.75) is 39.7 Å². The summed E-state index contributed by atoms with van der Waals surface area (Å²) >= 11 is 0. The topological polar surface area (TPSA) is 57.2 Å². The summed E-state index contributed by atoms with van der Waals surface area (Å²) in [5.41, 5.74) is 6.25. The standard InChI is InChI=1S/C14H24N2O2/c1-3-5-12(2)11-18-9-4-8-16-10-13(15)6-7-14(16)17/h6-7,10,12H,3-5,8-9,11,15H2,1-2H3. The van der Waals surface area contributed by atoms with Crippen LogP contribution in [0.15, 0.2) is 23.1 Å². The highest BCUT2D eigenvalue weighted by molar-refractivity contribution is 5.33. The summed E-state index contributed by atoms with van der Waals surface area (Å²) in [4.78, 5) is 11.5. The number of rotatable bonds is 8. The molecule has 0 bridgehead atoms. The Labute approximate surface area is 109 Å². The summed E-state index contributed by atoms with van der Waals surface area (Å²) in [5, 5.41) is 0. The Kier molecular flexibility index (Phi) is 6.50. The van der Waals surface area contributed by atoms with Crippen molar-refractivity contribution in [1.29, 1.82) is 0 Å². The molecule has 1 rings (SSSR count). The van der Waals surface area contributed by atoms with Gasteiger partial charge in [0.05, 0.1) is 0 Å². The molecule has 4 heteroatoms. The molecule has 0 fully saturated rings. The third-order valence-corrected chi connectivity index (χ3v) is 2.88. The molecule has 4 nitrogen and oxygen atoms in total. The summed E-state index contributed by atoms with van der Waals surface area (Å²) in [5.74, 6) is 0.616. The van der Waals surface area contributed by atoms with Crippen molar-refractivity contribution >= 4 is 5.69 Å². The fourth-order valence-electron chi connectivity index (χ4n) is 1.92. The van der Waals surface area contributed by atoms with Gasteiger partial charge in [0.25, 0.3) is 5.56 Å². The van der Waals surface area contributed by atoms with E-state index in [9.17, 15) is 4.79 Å². The molecule has 0 saturated carbocycles. The second-order valence-corrected chi connectivity index (χ2v) is 4.82. The predicted molar refractivity (Wildman–Crippen MR) is 74.6 cm³/mol. The van der Waals surface area contributed by atoms with Crippen molar-refractivity contribution in [3.05, 3.63) is 28.7 Å². The molecule has 0 amide bonds. The number of pyridine rings is 1. The molecule has 1 aromatic heterocycles. The monoisotopic (exact) mass is 252 g/mol. The molecular weight excluding hydrogens is 228 g/mol. The SMILES string of the molecule is CCCC(C)COCCCn1cc(N)ccc1=O. The van der Waals surface area contributed by atoms with Crippen LogP contribution in [0.4, 0.5) is 5.69 Å². The summed E-state index contributed by atoms with van der Waals surface area (Å²) < 4.78 is 7.23. The highest BCUT2D eigenvalue weighted by Gasteiger charge is 2.01. The number of nitrogen functional groups attached to an aromatic ring is 1. The molecule has 0 aromatic carbocycles. The zero-order chi connectivity index (χ0) is 13.4. The van der Waals surface area contributed by atoms with Crippen molar-refractivity contribution in [2.24, 2.45) is 5.92 Å². The van der Waals surface area contributed by atoms with Crippen molar-refractivity contribution in [1.82, 2.24) is 4.57 Å². The quantitative estimate of drug-likeness (QED) is 0.722. The van der Waals surface area contributed by atoms with Gasteiger partial charge >= 0.3 is 0 Å². The normalized spacial score (nSPS) is 12.6. The fraction of sp³-hybridized carbons (Fsp3) is 0.643. The van der Waals surface area contributed by atoms with Gasteiger partial charge < -0.3 is 15.0 Å². The van der Waals surface area contributed by atoms with E-state index in [1.165, 1.54) is 18.9 Å². The van der Waals surface area contributed by atoms with Crippen LogP contribution >= 0.6 is 0 Å². The van der Waals surface area contributed by atoms with Crippen LogP contribution in [-0.2, 0) is 11.3 Å². The minimum Gasteiger partial charge on any atom is -0.398 e. The van der Waals surface area contributed by atoms with Crippen LogP contribution in [-0.4, -0.2) is 17.8 Å². The summed E-state index contributed by atoms with van der Waals surface area (Å²) in [6.07, 6.45) is 4.92. The number of nitrogens with zero attached hydrogens (tertiary/aromatic N) is 1. The van der Waals surface area contributed by atoms with E-state index in [4.69, 9.17) is 10.5 Å². The van der Waals surface area contributed by atoms with Gasteiger partial charge in [0.15, 0.2) is 0 Å². The van der Waals surface area contributed by atoms with Crippen LogP contribution in [0, 0.1) is 5.92 Å². The van der Waals surface area contributed by atoms with Crippen LogP contribution in [0.25, 0.3) is 0 Å². The number of hydrogen-bond acceptors (Lipinski definition) is 3. The van der Waals surface area contributed by atoms with Crippen molar-refractivity contribution in [2.75, 3.05) is 18.9 Å². The van der Waals surface area contributed by atoms with E-state index in [-0.39, 0.29) is 5.56 Å². The number of nitrogens with two attached hydrogens (primary N) is 1. The van der Waals surface area contributed by atoms with Crippen LogP contribution in [0.3, 0.4) is 0 Å². The predicted octanol–water partition coefficient (Wildman–Crippen LogP) is 2.27. The van der Waals surface area contributed by atoms with Crippen molar-refractivity contribution in [3.8, 4) is 0 Å². The molecule has 0 radical (unpaired) electrons. The van der Waals surface area contributed by atoms with Gasteiger partial charge in [-0.2, -0.15) is 0 Å². The second-order valence-electron chi connectivity index (χ2n) is 4.82. The van der Waals surface area contributed by atoms with Crippen molar-refractivity contribution < 1.29 is 4.74 Å². The second kappa shape index (κ2) is 7.93. The largest absolute Gasteiger partial charge is 0.398 e. The summed E-state index contributed by atoms with van der Waals surface area (Å²) in [6.45, 7) is 6.54. The van der Waals surface area contributed by atoms with Gasteiger partial charge in [-0.1, -0.05) is 20.3 Å². The van der Waals surface area contributed by atoms with Gasteiger partial charge in [-0.25, -0.2) is 0 Å². The first-order chi connectivity index (χ1) is 8.63. The lowest BCUT2D eigenvalue weighted by Gasteiger charge is -2.11. The Morgan fingerprint density at radius 2 is 2.22 bits per heavy atom. The van der Waals surface area contributed by atoms with E-state index >= 15 is 0 Å². The van der Waals surface area contributed by atoms with Crippen LogP contribution < -0.4 is 11.3 Å². The maximum atomic E-state index is 11.5. The summed E-state index contributed by atoms with van der Waals surface area (Å²) in [6, 6.07) is 3.13. The number of aromatic nitrogens is 1. The van der Waals surface area contributed by atoms with E-state index in [0.717, 1.165) is 13.0 Å². The Morgan fingerprint density at radius 3 is 2.94 bits per heavy atom. The number of aryl methyl sites for hydroxylation is 1. The maximum Gasteiger partial charge on any atom is 0.250 e. The molecule has 1 unspecified atom stereocenters. The third kappa shape index (κ3) is 5.36. The molecule has 0 aliphatic rings. The molecule has 2 N–H and O–H groups in total. The van der Waals surface area contributed by atoms with E-state index < -0.39 is 0 Å². The zero-order valence-electron chi connectivity index (χ0n) is 11.4. The molecule has 1 atom stereocenters. The van der Waals surface area contributed by atoms with Gasteiger partial charge in [-0.15, -0.1) is 0 Å². The number of hydrogen-bond donors (Lipinski definition) is 1. The van der Waals surface area contributed by atoms with Gasteiger partial charge in [0, 0.05) is 37.7 Å². The molecular formula is C14H24N2O2. The van der Waals surface area contributed by atoms with E-state index in [2.05, 4.69) is 13.8 Å². The molecule has 1 aromatic rings. The van der Waals surface area contributed by atoms with Gasteiger partial charge in [-0.05, 0) is 24.8 Å². The lowest BCUT2D eigenvalue weighted by Crippen LogP contribution is -2.20. The van der Waals surface area contributed by atoms with E-state index in [1.807, 2.05) is 0 Å². The van der Waals surface area contributed by atoms with E-state index in [0.29, 0.717) is 24.8 Å². The first-order valence-corrected chi connectivity index (χ1v) is 6.67. The molecule has 0 aliphatic carbocycles. The van der Waals surface area contributed by atoms with E-state index in [1.54, 1.807) is 16.8 Å². The van der Waals surface area contributed by atoms with Gasteiger partial charge in [0.1, 0.15) is 0 Å². The Hall–Kier alpha value is -1.29. The van der Waals surface area contributed by atoms with Crippen LogP contribution in [0.5, 0.6) is 0 Å². The minimum atomic E-state index is -0.0106.